The van der Waals surface area contributed by atoms with Gasteiger partial charge in [-0.1, -0.05) is 18.2 Å². The van der Waals surface area contributed by atoms with Gasteiger partial charge >= 0.3 is 6.03 Å². The Morgan fingerprint density at radius 1 is 1.13 bits per heavy atom. The molecule has 1 saturated heterocycles. The summed E-state index contributed by atoms with van der Waals surface area (Å²) in [5.74, 6) is 0.800. The number of hydrogen-bond acceptors (Lipinski definition) is 5. The molecule has 2 N–H and O–H groups in total. The number of carbonyl (C=O) groups excluding carboxylic acids is 3. The van der Waals surface area contributed by atoms with Gasteiger partial charge in [-0.25, -0.2) is 9.69 Å². The Hall–Kier alpha value is -3.55. The van der Waals surface area contributed by atoms with E-state index in [1.165, 1.54) is 0 Å². The number of nitrogens with zero attached hydrogens (tertiary/aromatic N) is 1. The third-order valence-corrected chi connectivity index (χ3v) is 5.75. The number of benzene rings is 2. The lowest BCUT2D eigenvalue weighted by Gasteiger charge is -2.17. The maximum absolute atomic E-state index is 12.7. The van der Waals surface area contributed by atoms with Gasteiger partial charge in [0.25, 0.3) is 5.91 Å². The number of imide groups is 1. The molecule has 0 spiro atoms. The molecule has 2 aromatic rings. The van der Waals surface area contributed by atoms with Crippen LogP contribution in [0.15, 0.2) is 42.5 Å². The minimum Gasteiger partial charge on any atom is -0.493 e. The number of methoxy groups -OCH3 is 2. The van der Waals surface area contributed by atoms with Gasteiger partial charge in [-0.3, -0.25) is 9.59 Å². The van der Waals surface area contributed by atoms with E-state index in [2.05, 4.69) is 10.6 Å². The average Bonchev–Trinajstić information content (AvgIpc) is 3.30. The lowest BCUT2D eigenvalue weighted by atomic mass is 10.1. The summed E-state index contributed by atoms with van der Waals surface area (Å²) in [7, 11) is 3.18. The highest BCUT2D eigenvalue weighted by Crippen LogP contribution is 2.39. The minimum atomic E-state index is -0.710. The number of rotatable bonds is 7. The summed E-state index contributed by atoms with van der Waals surface area (Å²) in [5.41, 5.74) is 2.66. The summed E-state index contributed by atoms with van der Waals surface area (Å²) in [6.07, 6.45) is 2.01. The highest BCUT2D eigenvalue weighted by Gasteiger charge is 2.39. The molecule has 2 aliphatic rings. The first kappa shape index (κ1) is 20.7. The highest BCUT2D eigenvalue weighted by atomic mass is 16.5. The molecule has 31 heavy (non-hydrogen) atoms. The van der Waals surface area contributed by atoms with Crippen molar-refractivity contribution < 1.29 is 23.9 Å². The molecule has 0 unspecified atom stereocenters. The highest BCUT2D eigenvalue weighted by molar-refractivity contribution is 6.21. The standard InChI is InChI=1S/C23H25N3O5/c1-30-19-12-14-8-9-17(16(14)13-20(19)31-2)24-21(27)11-10-18-22(28)26(23(29)25-18)15-6-4-3-5-7-15/h3-7,12-13,17-18H,8-11H2,1-2H3,(H,24,27)(H,25,29)/t17-,18-/m0/s1. The third kappa shape index (κ3) is 4.05. The molecule has 2 aromatic carbocycles. The first-order valence-corrected chi connectivity index (χ1v) is 10.3. The third-order valence-electron chi connectivity index (χ3n) is 5.75. The fourth-order valence-corrected chi connectivity index (χ4v) is 4.17. The first-order valence-electron chi connectivity index (χ1n) is 10.3. The number of anilines is 1. The Bertz CT molecular complexity index is 1010. The van der Waals surface area contributed by atoms with Crippen LogP contribution in [0.5, 0.6) is 11.5 Å². The van der Waals surface area contributed by atoms with Crippen molar-refractivity contribution in [1.82, 2.24) is 10.6 Å². The molecule has 4 rings (SSSR count). The summed E-state index contributed by atoms with van der Waals surface area (Å²) in [6.45, 7) is 0. The second-order valence-electron chi connectivity index (χ2n) is 7.61. The number of ether oxygens (including phenoxy) is 2. The van der Waals surface area contributed by atoms with Crippen LogP contribution in [0.25, 0.3) is 0 Å². The summed E-state index contributed by atoms with van der Waals surface area (Å²) >= 11 is 0. The number of hydrogen-bond donors (Lipinski definition) is 2. The summed E-state index contributed by atoms with van der Waals surface area (Å²) in [6, 6.07) is 11.3. The van der Waals surface area contributed by atoms with E-state index in [-0.39, 0.29) is 30.7 Å². The van der Waals surface area contributed by atoms with Gasteiger partial charge in [0.15, 0.2) is 11.5 Å². The van der Waals surface area contributed by atoms with Gasteiger partial charge in [0.05, 0.1) is 25.9 Å². The number of amides is 4. The van der Waals surface area contributed by atoms with Crippen molar-refractivity contribution in [2.24, 2.45) is 0 Å². The second-order valence-corrected chi connectivity index (χ2v) is 7.61. The monoisotopic (exact) mass is 423 g/mol. The van der Waals surface area contributed by atoms with Crippen LogP contribution in [0.2, 0.25) is 0 Å². The van der Waals surface area contributed by atoms with E-state index < -0.39 is 12.1 Å². The fraction of sp³-hybridized carbons (Fsp3) is 0.348. The van der Waals surface area contributed by atoms with Crippen molar-refractivity contribution in [2.75, 3.05) is 19.1 Å². The van der Waals surface area contributed by atoms with Crippen LogP contribution in [0.1, 0.15) is 36.4 Å². The van der Waals surface area contributed by atoms with Crippen molar-refractivity contribution >= 4 is 23.5 Å². The topological polar surface area (TPSA) is 97.0 Å². The summed E-state index contributed by atoms with van der Waals surface area (Å²) in [4.78, 5) is 38.6. The van der Waals surface area contributed by atoms with Crippen LogP contribution in [0.4, 0.5) is 10.5 Å². The predicted octanol–water partition coefficient (Wildman–Crippen LogP) is 2.71. The van der Waals surface area contributed by atoms with Gasteiger partial charge in [-0.15, -0.1) is 0 Å². The molecule has 4 amide bonds. The lowest BCUT2D eigenvalue weighted by Crippen LogP contribution is -2.33. The van der Waals surface area contributed by atoms with Gasteiger partial charge in [-0.05, 0) is 54.7 Å². The Labute approximate surface area is 180 Å². The van der Waals surface area contributed by atoms with Gasteiger partial charge in [0.2, 0.25) is 5.91 Å². The van der Waals surface area contributed by atoms with Crippen LogP contribution in [0, 0.1) is 0 Å². The number of aryl methyl sites for hydroxylation is 1. The molecular weight excluding hydrogens is 398 g/mol. The molecule has 1 heterocycles. The van der Waals surface area contributed by atoms with E-state index in [1.807, 2.05) is 18.2 Å². The molecule has 1 aliphatic carbocycles. The molecule has 162 valence electrons. The van der Waals surface area contributed by atoms with Crippen LogP contribution in [0.3, 0.4) is 0 Å². The first-order chi connectivity index (χ1) is 15.0. The second kappa shape index (κ2) is 8.67. The van der Waals surface area contributed by atoms with E-state index in [9.17, 15) is 14.4 Å². The zero-order valence-corrected chi connectivity index (χ0v) is 17.5. The molecule has 1 fully saturated rings. The quantitative estimate of drug-likeness (QED) is 0.668. The minimum absolute atomic E-state index is 0.114. The summed E-state index contributed by atoms with van der Waals surface area (Å²) in [5, 5.41) is 5.72. The number of nitrogens with one attached hydrogen (secondary N) is 2. The van der Waals surface area contributed by atoms with E-state index in [0.29, 0.717) is 17.2 Å². The van der Waals surface area contributed by atoms with Gasteiger partial charge in [-0.2, -0.15) is 0 Å². The predicted molar refractivity (Wildman–Crippen MR) is 114 cm³/mol. The Balaban J connectivity index is 1.36. The molecule has 0 radical (unpaired) electrons. The average molecular weight is 423 g/mol. The van der Waals surface area contributed by atoms with Crippen LogP contribution in [-0.4, -0.2) is 38.1 Å². The maximum Gasteiger partial charge on any atom is 0.329 e. The molecule has 8 heteroatoms. The molecule has 2 atom stereocenters. The van der Waals surface area contributed by atoms with E-state index in [0.717, 1.165) is 28.9 Å². The summed E-state index contributed by atoms with van der Waals surface area (Å²) < 4.78 is 10.7. The molecule has 1 aliphatic heterocycles. The Kier molecular flexibility index (Phi) is 5.79. The Morgan fingerprint density at radius 2 is 1.84 bits per heavy atom. The SMILES string of the molecule is COc1cc2c(cc1OC)[C@@H](NC(=O)CC[C@@H]1NC(=O)N(c3ccccc3)C1=O)CC2. The van der Waals surface area contributed by atoms with Crippen molar-refractivity contribution in [1.29, 1.82) is 0 Å². The largest absolute Gasteiger partial charge is 0.493 e. The number of fused-ring (bicyclic) bond motifs is 1. The lowest BCUT2D eigenvalue weighted by molar-refractivity contribution is -0.122. The molecule has 0 aromatic heterocycles. The normalized spacial score (nSPS) is 19.7. The number of para-hydroxylation sites is 1. The van der Waals surface area contributed by atoms with Crippen molar-refractivity contribution in [3.05, 3.63) is 53.6 Å². The fourth-order valence-electron chi connectivity index (χ4n) is 4.17. The zero-order chi connectivity index (χ0) is 22.0. The molecule has 0 saturated carbocycles. The van der Waals surface area contributed by atoms with Crippen LogP contribution >= 0.6 is 0 Å². The Morgan fingerprint density at radius 3 is 2.55 bits per heavy atom. The van der Waals surface area contributed by atoms with Crippen LogP contribution in [-0.2, 0) is 16.0 Å². The number of urea groups is 1. The number of carbonyl (C=O) groups is 3. The molecule has 0 bridgehead atoms. The van der Waals surface area contributed by atoms with E-state index in [4.69, 9.17) is 9.47 Å². The zero-order valence-electron chi connectivity index (χ0n) is 17.5. The van der Waals surface area contributed by atoms with Crippen LogP contribution < -0.4 is 25.0 Å². The smallest absolute Gasteiger partial charge is 0.329 e. The molecule has 8 nitrogen and oxygen atoms in total. The molecular formula is C23H25N3O5. The maximum atomic E-state index is 12.7. The van der Waals surface area contributed by atoms with Crippen molar-refractivity contribution in [3.8, 4) is 11.5 Å². The van der Waals surface area contributed by atoms with Gasteiger partial charge < -0.3 is 20.1 Å². The van der Waals surface area contributed by atoms with E-state index in [1.54, 1.807) is 38.5 Å². The van der Waals surface area contributed by atoms with Gasteiger partial charge in [0.1, 0.15) is 6.04 Å². The van der Waals surface area contributed by atoms with E-state index >= 15 is 0 Å². The van der Waals surface area contributed by atoms with Crippen molar-refractivity contribution in [2.45, 2.75) is 37.8 Å². The van der Waals surface area contributed by atoms with Gasteiger partial charge in [0, 0.05) is 6.42 Å². The van der Waals surface area contributed by atoms with Crippen molar-refractivity contribution in [3.63, 3.8) is 0 Å².